The highest BCUT2D eigenvalue weighted by molar-refractivity contribution is 7.80. The Bertz CT molecular complexity index is 286. The van der Waals surface area contributed by atoms with Crippen LogP contribution < -0.4 is 10.6 Å². The molecule has 2 N–H and O–H groups in total. The number of hydrogen-bond donors (Lipinski definition) is 2. The van der Waals surface area contributed by atoms with E-state index in [1.807, 2.05) is 18.2 Å². The van der Waals surface area contributed by atoms with Crippen LogP contribution in [-0.4, -0.2) is 16.5 Å². The standard InChI is InChI=1S/C8H9N3S/c12-7-5-10-8(11-7)6-3-1-2-4-9-6/h1-4,8,10H,5H2,(H,11,12). The molecule has 1 saturated heterocycles. The van der Waals surface area contributed by atoms with E-state index in [0.717, 1.165) is 17.2 Å². The Kier molecular flexibility index (Phi) is 2.01. The van der Waals surface area contributed by atoms with Crippen LogP contribution in [-0.2, 0) is 0 Å². The molecule has 1 aromatic rings. The zero-order valence-corrected chi connectivity index (χ0v) is 7.27. The Morgan fingerprint density at radius 2 is 2.42 bits per heavy atom. The van der Waals surface area contributed by atoms with Crippen LogP contribution in [0.3, 0.4) is 0 Å². The number of nitrogens with one attached hydrogen (secondary N) is 2. The maximum absolute atomic E-state index is 4.99. The molecular weight excluding hydrogens is 170 g/mol. The van der Waals surface area contributed by atoms with Gasteiger partial charge in [-0.1, -0.05) is 18.3 Å². The van der Waals surface area contributed by atoms with Gasteiger partial charge in [0.05, 0.1) is 10.7 Å². The number of nitrogens with zero attached hydrogens (tertiary/aromatic N) is 1. The third kappa shape index (κ3) is 1.44. The lowest BCUT2D eigenvalue weighted by Gasteiger charge is -2.08. The first-order valence-electron chi connectivity index (χ1n) is 3.80. The van der Waals surface area contributed by atoms with E-state index in [-0.39, 0.29) is 6.17 Å². The minimum atomic E-state index is 0.0960. The fourth-order valence-electron chi connectivity index (χ4n) is 1.18. The first kappa shape index (κ1) is 7.64. The predicted octanol–water partition coefficient (Wildman–Crippen LogP) is 0.600. The molecule has 0 aromatic carbocycles. The van der Waals surface area contributed by atoms with Crippen molar-refractivity contribution in [3.63, 3.8) is 0 Å². The minimum absolute atomic E-state index is 0.0960. The van der Waals surface area contributed by atoms with E-state index in [1.54, 1.807) is 6.20 Å². The van der Waals surface area contributed by atoms with Gasteiger partial charge in [0, 0.05) is 12.7 Å². The van der Waals surface area contributed by atoms with Gasteiger partial charge >= 0.3 is 0 Å². The minimum Gasteiger partial charge on any atom is -0.358 e. The molecular formula is C8H9N3S. The summed E-state index contributed by atoms with van der Waals surface area (Å²) in [4.78, 5) is 5.06. The second-order valence-electron chi connectivity index (χ2n) is 2.64. The molecule has 1 atom stereocenters. The van der Waals surface area contributed by atoms with Gasteiger partial charge in [-0.3, -0.25) is 10.3 Å². The first-order valence-corrected chi connectivity index (χ1v) is 4.21. The molecule has 1 aromatic heterocycles. The highest BCUT2D eigenvalue weighted by Gasteiger charge is 2.18. The van der Waals surface area contributed by atoms with Crippen molar-refractivity contribution in [1.29, 1.82) is 0 Å². The summed E-state index contributed by atoms with van der Waals surface area (Å²) in [6, 6.07) is 5.84. The lowest BCUT2D eigenvalue weighted by atomic mass is 10.3. The van der Waals surface area contributed by atoms with Gasteiger partial charge in [0.1, 0.15) is 6.17 Å². The summed E-state index contributed by atoms with van der Waals surface area (Å²) in [7, 11) is 0. The summed E-state index contributed by atoms with van der Waals surface area (Å²) in [5.74, 6) is 0. The van der Waals surface area contributed by atoms with E-state index >= 15 is 0 Å². The molecule has 0 spiro atoms. The van der Waals surface area contributed by atoms with Crippen molar-refractivity contribution in [3.05, 3.63) is 30.1 Å². The number of rotatable bonds is 1. The molecule has 2 rings (SSSR count). The van der Waals surface area contributed by atoms with E-state index in [9.17, 15) is 0 Å². The second kappa shape index (κ2) is 3.16. The summed E-state index contributed by atoms with van der Waals surface area (Å²) < 4.78 is 0. The Labute approximate surface area is 76.2 Å². The molecule has 1 aliphatic rings. The summed E-state index contributed by atoms with van der Waals surface area (Å²) in [6.07, 6.45) is 1.87. The molecule has 62 valence electrons. The van der Waals surface area contributed by atoms with E-state index < -0.39 is 0 Å². The molecule has 1 aliphatic heterocycles. The first-order chi connectivity index (χ1) is 5.86. The SMILES string of the molecule is S=C1CNC(c2ccccn2)N1. The number of thiocarbonyl (C=S) groups is 1. The predicted molar refractivity (Wildman–Crippen MR) is 50.7 cm³/mol. The Morgan fingerprint density at radius 1 is 1.50 bits per heavy atom. The topological polar surface area (TPSA) is 37.0 Å². The lowest BCUT2D eigenvalue weighted by molar-refractivity contribution is 0.586. The molecule has 0 aliphatic carbocycles. The van der Waals surface area contributed by atoms with Crippen LogP contribution >= 0.6 is 12.2 Å². The van der Waals surface area contributed by atoms with Crippen LogP contribution in [0, 0.1) is 0 Å². The van der Waals surface area contributed by atoms with Crippen molar-refractivity contribution >= 4 is 17.2 Å². The average molecular weight is 179 g/mol. The van der Waals surface area contributed by atoms with Gasteiger partial charge in [-0.05, 0) is 12.1 Å². The fourth-order valence-corrected chi connectivity index (χ4v) is 1.38. The van der Waals surface area contributed by atoms with Gasteiger partial charge in [0.2, 0.25) is 0 Å². The van der Waals surface area contributed by atoms with Crippen molar-refractivity contribution in [1.82, 2.24) is 15.6 Å². The van der Waals surface area contributed by atoms with Crippen LogP contribution in [0.4, 0.5) is 0 Å². The molecule has 0 saturated carbocycles. The van der Waals surface area contributed by atoms with Gasteiger partial charge in [-0.2, -0.15) is 0 Å². The zero-order valence-electron chi connectivity index (χ0n) is 6.45. The van der Waals surface area contributed by atoms with Crippen molar-refractivity contribution < 1.29 is 0 Å². The number of pyridine rings is 1. The van der Waals surface area contributed by atoms with E-state index in [0.29, 0.717) is 0 Å². The molecule has 2 heterocycles. The van der Waals surface area contributed by atoms with Gasteiger partial charge in [0.25, 0.3) is 0 Å². The molecule has 12 heavy (non-hydrogen) atoms. The monoisotopic (exact) mass is 179 g/mol. The molecule has 3 nitrogen and oxygen atoms in total. The van der Waals surface area contributed by atoms with E-state index in [1.165, 1.54) is 0 Å². The molecule has 1 fully saturated rings. The second-order valence-corrected chi connectivity index (χ2v) is 3.13. The van der Waals surface area contributed by atoms with Crippen molar-refractivity contribution in [2.45, 2.75) is 6.17 Å². The zero-order chi connectivity index (χ0) is 8.39. The van der Waals surface area contributed by atoms with Crippen LogP contribution in [0.25, 0.3) is 0 Å². The van der Waals surface area contributed by atoms with Gasteiger partial charge in [-0.15, -0.1) is 0 Å². The Morgan fingerprint density at radius 3 is 3.00 bits per heavy atom. The van der Waals surface area contributed by atoms with Gasteiger partial charge in [0.15, 0.2) is 0 Å². The quantitative estimate of drug-likeness (QED) is 0.619. The lowest BCUT2D eigenvalue weighted by Crippen LogP contribution is -2.22. The molecule has 0 amide bonds. The molecule has 0 bridgehead atoms. The Hall–Kier alpha value is -1.00. The maximum atomic E-state index is 4.99. The third-order valence-electron chi connectivity index (χ3n) is 1.76. The summed E-state index contributed by atoms with van der Waals surface area (Å²) in [5, 5.41) is 6.34. The van der Waals surface area contributed by atoms with E-state index in [2.05, 4.69) is 15.6 Å². The Balaban J connectivity index is 2.16. The average Bonchev–Trinajstić information content (AvgIpc) is 2.54. The smallest absolute Gasteiger partial charge is 0.121 e. The highest BCUT2D eigenvalue weighted by Crippen LogP contribution is 2.08. The van der Waals surface area contributed by atoms with Crippen LogP contribution in [0.2, 0.25) is 0 Å². The van der Waals surface area contributed by atoms with Crippen LogP contribution in [0.5, 0.6) is 0 Å². The van der Waals surface area contributed by atoms with Crippen LogP contribution in [0.1, 0.15) is 11.9 Å². The van der Waals surface area contributed by atoms with Gasteiger partial charge in [-0.25, -0.2) is 0 Å². The third-order valence-corrected chi connectivity index (χ3v) is 2.02. The molecule has 1 unspecified atom stereocenters. The summed E-state index contributed by atoms with van der Waals surface area (Å²) >= 11 is 4.99. The largest absolute Gasteiger partial charge is 0.358 e. The molecule has 4 heteroatoms. The van der Waals surface area contributed by atoms with E-state index in [4.69, 9.17) is 12.2 Å². The fraction of sp³-hybridized carbons (Fsp3) is 0.250. The van der Waals surface area contributed by atoms with Crippen molar-refractivity contribution in [2.75, 3.05) is 6.54 Å². The normalized spacial score (nSPS) is 22.3. The van der Waals surface area contributed by atoms with Crippen LogP contribution in [0.15, 0.2) is 24.4 Å². The summed E-state index contributed by atoms with van der Waals surface area (Å²) in [6.45, 7) is 0.747. The number of aromatic nitrogens is 1. The van der Waals surface area contributed by atoms with Crippen molar-refractivity contribution in [3.8, 4) is 0 Å². The van der Waals surface area contributed by atoms with Gasteiger partial charge < -0.3 is 5.32 Å². The molecule has 0 radical (unpaired) electrons. The summed E-state index contributed by atoms with van der Waals surface area (Å²) in [5.41, 5.74) is 0.984. The highest BCUT2D eigenvalue weighted by atomic mass is 32.1. The number of hydrogen-bond acceptors (Lipinski definition) is 3. The maximum Gasteiger partial charge on any atom is 0.121 e. The van der Waals surface area contributed by atoms with Crippen molar-refractivity contribution in [2.24, 2.45) is 0 Å².